The standard InChI is InChI=1S/C26H28ClN3O2S/c1-18(19-6-3-2-4-7-19)29-24(32)23(31)16-26(13-5-14-26)17-33-25-28-15-12-22(30-25)20-8-10-21(27)11-9-20/h2-4,6-12,15,18,23,31H,5,13-14,16-17H2,1H3,(H,29,32)/t18-,23+/m1/s1. The highest BCUT2D eigenvalue weighted by Gasteiger charge is 2.40. The van der Waals surface area contributed by atoms with E-state index in [9.17, 15) is 9.90 Å². The molecule has 1 amide bonds. The number of aliphatic hydroxyl groups excluding tert-OH is 1. The Labute approximate surface area is 204 Å². The van der Waals surface area contributed by atoms with Gasteiger partial charge in [0.15, 0.2) is 5.16 Å². The summed E-state index contributed by atoms with van der Waals surface area (Å²) in [4.78, 5) is 21.7. The van der Waals surface area contributed by atoms with Crippen molar-refractivity contribution in [2.24, 2.45) is 5.41 Å². The highest BCUT2D eigenvalue weighted by atomic mass is 35.5. The zero-order chi connectivity index (χ0) is 23.3. The van der Waals surface area contributed by atoms with E-state index in [0.717, 1.165) is 41.8 Å². The molecule has 1 heterocycles. The van der Waals surface area contributed by atoms with Crippen LogP contribution in [0.2, 0.25) is 5.02 Å². The summed E-state index contributed by atoms with van der Waals surface area (Å²) in [6.07, 6.45) is 4.29. The molecule has 0 unspecified atom stereocenters. The van der Waals surface area contributed by atoms with Crippen LogP contribution in [0.25, 0.3) is 11.3 Å². The molecule has 1 aliphatic carbocycles. The lowest BCUT2D eigenvalue weighted by atomic mass is 9.67. The third kappa shape index (κ3) is 6.14. The predicted octanol–water partition coefficient (Wildman–Crippen LogP) is 5.69. The fraction of sp³-hybridized carbons (Fsp3) is 0.346. The van der Waals surface area contributed by atoms with E-state index in [2.05, 4.69) is 15.3 Å². The molecule has 33 heavy (non-hydrogen) atoms. The van der Waals surface area contributed by atoms with Crippen LogP contribution in [0.4, 0.5) is 0 Å². The van der Waals surface area contributed by atoms with Gasteiger partial charge in [-0.1, -0.05) is 72.2 Å². The summed E-state index contributed by atoms with van der Waals surface area (Å²) < 4.78 is 0. The molecule has 172 valence electrons. The molecule has 2 aromatic carbocycles. The average Bonchev–Trinajstić information content (AvgIpc) is 2.81. The zero-order valence-electron chi connectivity index (χ0n) is 18.6. The number of hydrogen-bond acceptors (Lipinski definition) is 5. The van der Waals surface area contributed by atoms with Gasteiger partial charge < -0.3 is 10.4 Å². The Bertz CT molecular complexity index is 1070. The second-order valence-electron chi connectivity index (χ2n) is 8.73. The molecule has 0 radical (unpaired) electrons. The molecule has 5 nitrogen and oxygen atoms in total. The maximum absolute atomic E-state index is 12.6. The van der Waals surface area contributed by atoms with Gasteiger partial charge in [-0.25, -0.2) is 9.97 Å². The lowest BCUT2D eigenvalue weighted by molar-refractivity contribution is -0.132. The van der Waals surface area contributed by atoms with E-state index < -0.39 is 6.10 Å². The minimum absolute atomic E-state index is 0.0724. The van der Waals surface area contributed by atoms with Gasteiger partial charge in [0.05, 0.1) is 11.7 Å². The third-order valence-corrected chi connectivity index (χ3v) is 7.75. The fourth-order valence-electron chi connectivity index (χ4n) is 4.13. The summed E-state index contributed by atoms with van der Waals surface area (Å²) in [5, 5.41) is 15.0. The van der Waals surface area contributed by atoms with Crippen LogP contribution in [0.3, 0.4) is 0 Å². The van der Waals surface area contributed by atoms with Crippen molar-refractivity contribution in [3.63, 3.8) is 0 Å². The fourth-order valence-corrected chi connectivity index (χ4v) is 5.40. The number of halogens is 1. The van der Waals surface area contributed by atoms with Gasteiger partial charge in [-0.05, 0) is 55.4 Å². The van der Waals surface area contributed by atoms with Gasteiger partial charge in [-0.15, -0.1) is 0 Å². The molecule has 4 rings (SSSR count). The number of amides is 1. The number of thioether (sulfide) groups is 1. The Hall–Kier alpha value is -2.41. The maximum atomic E-state index is 12.6. The molecule has 1 saturated carbocycles. The van der Waals surface area contributed by atoms with Crippen molar-refractivity contribution < 1.29 is 9.90 Å². The van der Waals surface area contributed by atoms with E-state index in [1.54, 1.807) is 18.0 Å². The molecule has 3 aromatic rings. The normalized spacial score (nSPS) is 16.5. The van der Waals surface area contributed by atoms with Crippen LogP contribution in [0.5, 0.6) is 0 Å². The molecule has 0 saturated heterocycles. The Balaban J connectivity index is 1.35. The molecule has 1 aliphatic rings. The van der Waals surface area contributed by atoms with E-state index in [0.29, 0.717) is 16.6 Å². The summed E-state index contributed by atoms with van der Waals surface area (Å²) in [5.74, 6) is 0.457. The van der Waals surface area contributed by atoms with Gasteiger partial charge in [0, 0.05) is 22.5 Å². The van der Waals surface area contributed by atoms with Crippen molar-refractivity contribution in [1.82, 2.24) is 15.3 Å². The Morgan fingerprint density at radius 1 is 1.15 bits per heavy atom. The molecular weight excluding hydrogens is 454 g/mol. The Morgan fingerprint density at radius 3 is 2.55 bits per heavy atom. The Morgan fingerprint density at radius 2 is 1.88 bits per heavy atom. The van der Waals surface area contributed by atoms with Crippen molar-refractivity contribution in [2.45, 2.75) is 49.9 Å². The van der Waals surface area contributed by atoms with Gasteiger partial charge in [-0.3, -0.25) is 4.79 Å². The highest BCUT2D eigenvalue weighted by Crippen LogP contribution is 2.48. The van der Waals surface area contributed by atoms with Gasteiger partial charge in [0.2, 0.25) is 5.91 Å². The van der Waals surface area contributed by atoms with Crippen molar-refractivity contribution in [1.29, 1.82) is 0 Å². The lowest BCUT2D eigenvalue weighted by Gasteiger charge is -2.42. The van der Waals surface area contributed by atoms with Crippen molar-refractivity contribution in [3.05, 3.63) is 77.4 Å². The number of rotatable bonds is 9. The van der Waals surface area contributed by atoms with Gasteiger partial charge >= 0.3 is 0 Å². The monoisotopic (exact) mass is 481 g/mol. The highest BCUT2D eigenvalue weighted by molar-refractivity contribution is 7.99. The molecule has 0 spiro atoms. The predicted molar refractivity (Wildman–Crippen MR) is 133 cm³/mol. The minimum atomic E-state index is -1.03. The molecule has 7 heteroatoms. The number of carbonyl (C=O) groups is 1. The van der Waals surface area contributed by atoms with Gasteiger partial charge in [-0.2, -0.15) is 0 Å². The van der Waals surface area contributed by atoms with E-state index >= 15 is 0 Å². The molecule has 1 fully saturated rings. The SMILES string of the molecule is C[C@@H](NC(=O)[C@@H](O)CC1(CSc2nccc(-c3ccc(Cl)cc3)n2)CCC1)c1ccccc1. The topological polar surface area (TPSA) is 75.1 Å². The van der Waals surface area contributed by atoms with E-state index in [4.69, 9.17) is 11.6 Å². The molecule has 2 atom stereocenters. The second kappa shape index (κ2) is 10.7. The van der Waals surface area contributed by atoms with Crippen LogP contribution in [-0.4, -0.2) is 32.8 Å². The van der Waals surface area contributed by atoms with Crippen LogP contribution in [0.1, 0.15) is 44.2 Å². The smallest absolute Gasteiger partial charge is 0.249 e. The number of benzene rings is 2. The molecule has 0 bridgehead atoms. The van der Waals surface area contributed by atoms with Crippen LogP contribution < -0.4 is 5.32 Å². The first kappa shape index (κ1) is 23.7. The molecule has 2 N–H and O–H groups in total. The zero-order valence-corrected chi connectivity index (χ0v) is 20.1. The van der Waals surface area contributed by atoms with Crippen LogP contribution in [0, 0.1) is 5.41 Å². The Kier molecular flexibility index (Phi) is 7.68. The van der Waals surface area contributed by atoms with Crippen LogP contribution in [-0.2, 0) is 4.79 Å². The summed E-state index contributed by atoms with van der Waals surface area (Å²) in [6, 6.07) is 19.1. The summed E-state index contributed by atoms with van der Waals surface area (Å²) in [5.41, 5.74) is 2.78. The third-order valence-electron chi connectivity index (χ3n) is 6.28. The number of carbonyl (C=O) groups excluding carboxylic acids is 1. The second-order valence-corrected chi connectivity index (χ2v) is 10.1. The first-order valence-corrected chi connectivity index (χ1v) is 12.6. The largest absolute Gasteiger partial charge is 0.383 e. The summed E-state index contributed by atoms with van der Waals surface area (Å²) in [6.45, 7) is 1.93. The molecule has 0 aliphatic heterocycles. The van der Waals surface area contributed by atoms with Crippen molar-refractivity contribution >= 4 is 29.3 Å². The first-order valence-electron chi connectivity index (χ1n) is 11.2. The lowest BCUT2D eigenvalue weighted by Crippen LogP contribution is -2.43. The van der Waals surface area contributed by atoms with Gasteiger partial charge in [0.1, 0.15) is 6.10 Å². The number of nitrogens with zero attached hydrogens (tertiary/aromatic N) is 2. The average molecular weight is 482 g/mol. The first-order chi connectivity index (χ1) is 15.9. The number of nitrogens with one attached hydrogen (secondary N) is 1. The van der Waals surface area contributed by atoms with E-state index in [-0.39, 0.29) is 17.4 Å². The van der Waals surface area contributed by atoms with E-state index in [1.807, 2.05) is 67.6 Å². The number of aliphatic hydroxyl groups is 1. The number of aromatic nitrogens is 2. The van der Waals surface area contributed by atoms with Crippen molar-refractivity contribution in [2.75, 3.05) is 5.75 Å². The molecular formula is C26H28ClN3O2S. The maximum Gasteiger partial charge on any atom is 0.249 e. The van der Waals surface area contributed by atoms with Crippen molar-refractivity contribution in [3.8, 4) is 11.3 Å². The van der Waals surface area contributed by atoms with Crippen LogP contribution >= 0.6 is 23.4 Å². The van der Waals surface area contributed by atoms with Gasteiger partial charge in [0.25, 0.3) is 0 Å². The summed E-state index contributed by atoms with van der Waals surface area (Å²) in [7, 11) is 0. The minimum Gasteiger partial charge on any atom is -0.383 e. The molecule has 1 aromatic heterocycles. The quantitative estimate of drug-likeness (QED) is 0.303. The van der Waals surface area contributed by atoms with E-state index in [1.165, 1.54) is 0 Å². The number of hydrogen-bond donors (Lipinski definition) is 2. The van der Waals surface area contributed by atoms with Crippen LogP contribution in [0.15, 0.2) is 72.0 Å². The summed E-state index contributed by atoms with van der Waals surface area (Å²) >= 11 is 7.58.